The van der Waals surface area contributed by atoms with Crippen molar-refractivity contribution in [2.24, 2.45) is 11.7 Å². The molecule has 1 aromatic carbocycles. The predicted molar refractivity (Wildman–Crippen MR) is 68.2 cm³/mol. The van der Waals surface area contributed by atoms with Crippen LogP contribution < -0.4 is 10.6 Å². The fourth-order valence-electron chi connectivity index (χ4n) is 2.16. The summed E-state index contributed by atoms with van der Waals surface area (Å²) in [6.45, 7) is 3.15. The number of aryl methyl sites for hydroxylation is 1. The highest BCUT2D eigenvalue weighted by Crippen LogP contribution is 2.32. The molecule has 1 aliphatic rings. The van der Waals surface area contributed by atoms with Crippen molar-refractivity contribution < 1.29 is 0 Å². The molecule has 0 bridgehead atoms. The van der Waals surface area contributed by atoms with E-state index in [4.69, 9.17) is 11.1 Å². The Morgan fingerprint density at radius 2 is 2.19 bits per heavy atom. The van der Waals surface area contributed by atoms with Gasteiger partial charge in [0.1, 0.15) is 5.84 Å². The van der Waals surface area contributed by atoms with E-state index in [1.807, 2.05) is 12.1 Å². The number of para-hydroxylation sites is 1. The van der Waals surface area contributed by atoms with Crippen LogP contribution in [0.3, 0.4) is 0 Å². The third-order valence-corrected chi connectivity index (χ3v) is 3.14. The summed E-state index contributed by atoms with van der Waals surface area (Å²) in [6.07, 6.45) is 2.68. The first-order valence-electron chi connectivity index (χ1n) is 5.74. The lowest BCUT2D eigenvalue weighted by Crippen LogP contribution is -2.25. The van der Waals surface area contributed by atoms with Crippen molar-refractivity contribution in [2.75, 3.05) is 18.5 Å². The Morgan fingerprint density at radius 1 is 1.50 bits per heavy atom. The lowest BCUT2D eigenvalue weighted by Gasteiger charge is -2.24. The van der Waals surface area contributed by atoms with Gasteiger partial charge in [-0.15, -0.1) is 0 Å². The van der Waals surface area contributed by atoms with Gasteiger partial charge in [-0.25, -0.2) is 0 Å². The van der Waals surface area contributed by atoms with Crippen LogP contribution in [0.15, 0.2) is 18.2 Å². The van der Waals surface area contributed by atoms with Gasteiger partial charge in [0.15, 0.2) is 0 Å². The molecule has 0 amide bonds. The molecular weight excluding hydrogens is 198 g/mol. The molecule has 0 unspecified atom stereocenters. The van der Waals surface area contributed by atoms with E-state index in [9.17, 15) is 0 Å². The Labute approximate surface area is 96.8 Å². The fourth-order valence-corrected chi connectivity index (χ4v) is 2.16. The summed E-state index contributed by atoms with van der Waals surface area (Å²) in [5.74, 6) is 0.991. The summed E-state index contributed by atoms with van der Waals surface area (Å²) in [4.78, 5) is 2.24. The highest BCUT2D eigenvalue weighted by Gasteiger charge is 2.24. The molecule has 3 heteroatoms. The maximum absolute atomic E-state index is 7.62. The molecule has 3 N–H and O–H groups in total. The predicted octanol–water partition coefficient (Wildman–Crippen LogP) is 2.13. The Kier molecular flexibility index (Phi) is 2.86. The summed E-state index contributed by atoms with van der Waals surface area (Å²) in [6, 6.07) is 5.96. The van der Waals surface area contributed by atoms with Gasteiger partial charge < -0.3 is 10.6 Å². The maximum atomic E-state index is 7.62. The van der Waals surface area contributed by atoms with Crippen molar-refractivity contribution in [1.82, 2.24) is 0 Å². The van der Waals surface area contributed by atoms with Gasteiger partial charge >= 0.3 is 0 Å². The smallest absolute Gasteiger partial charge is 0.124 e. The van der Waals surface area contributed by atoms with Crippen LogP contribution in [0.4, 0.5) is 5.69 Å². The molecule has 1 aliphatic carbocycles. The quantitative estimate of drug-likeness (QED) is 0.599. The monoisotopic (exact) mass is 217 g/mol. The van der Waals surface area contributed by atoms with E-state index in [-0.39, 0.29) is 5.84 Å². The highest BCUT2D eigenvalue weighted by molar-refractivity contribution is 6.01. The number of amidine groups is 1. The van der Waals surface area contributed by atoms with Gasteiger partial charge in [-0.2, -0.15) is 0 Å². The molecule has 0 atom stereocenters. The number of hydrogen-bond donors (Lipinski definition) is 2. The van der Waals surface area contributed by atoms with Crippen LogP contribution >= 0.6 is 0 Å². The molecule has 1 saturated carbocycles. The Hall–Kier alpha value is -1.51. The zero-order chi connectivity index (χ0) is 11.7. The number of anilines is 1. The second kappa shape index (κ2) is 4.16. The van der Waals surface area contributed by atoms with Crippen molar-refractivity contribution in [2.45, 2.75) is 19.8 Å². The SMILES string of the molecule is Cc1cccc(C(=N)N)c1N(C)CC1CC1. The van der Waals surface area contributed by atoms with E-state index < -0.39 is 0 Å². The molecule has 0 aromatic heterocycles. The van der Waals surface area contributed by atoms with Gasteiger partial charge in [0, 0.05) is 19.2 Å². The number of nitrogen functional groups attached to an aromatic ring is 1. The van der Waals surface area contributed by atoms with Gasteiger partial charge in [-0.3, -0.25) is 5.41 Å². The van der Waals surface area contributed by atoms with Crippen LogP contribution in [0.5, 0.6) is 0 Å². The summed E-state index contributed by atoms with van der Waals surface area (Å²) in [5, 5.41) is 7.62. The van der Waals surface area contributed by atoms with Crippen LogP contribution in [0.25, 0.3) is 0 Å². The largest absolute Gasteiger partial charge is 0.384 e. The minimum absolute atomic E-state index is 0.154. The molecule has 0 radical (unpaired) electrons. The van der Waals surface area contributed by atoms with Crippen LogP contribution in [-0.2, 0) is 0 Å². The molecule has 0 heterocycles. The minimum atomic E-state index is 0.154. The molecule has 1 fully saturated rings. The van der Waals surface area contributed by atoms with E-state index in [2.05, 4.69) is 24.9 Å². The molecule has 0 aliphatic heterocycles. The van der Waals surface area contributed by atoms with E-state index in [0.29, 0.717) is 0 Å². The summed E-state index contributed by atoms with van der Waals surface area (Å²) in [7, 11) is 2.09. The standard InChI is InChI=1S/C13H19N3/c1-9-4-3-5-11(13(14)15)12(9)16(2)8-10-6-7-10/h3-5,10H,6-8H2,1-2H3,(H3,14,15). The first kappa shape index (κ1) is 11.0. The van der Waals surface area contributed by atoms with Gasteiger partial charge in [-0.05, 0) is 37.3 Å². The van der Waals surface area contributed by atoms with E-state index in [1.54, 1.807) is 0 Å². The van der Waals surface area contributed by atoms with Crippen molar-refractivity contribution >= 4 is 11.5 Å². The first-order valence-corrected chi connectivity index (χ1v) is 5.74. The molecule has 3 nitrogen and oxygen atoms in total. The number of rotatable bonds is 4. The van der Waals surface area contributed by atoms with Crippen molar-refractivity contribution in [3.05, 3.63) is 29.3 Å². The molecule has 1 aromatic rings. The van der Waals surface area contributed by atoms with Crippen LogP contribution in [0, 0.1) is 18.3 Å². The Bertz CT molecular complexity index is 408. The Morgan fingerprint density at radius 3 is 2.75 bits per heavy atom. The summed E-state index contributed by atoms with van der Waals surface area (Å²) >= 11 is 0. The minimum Gasteiger partial charge on any atom is -0.384 e. The number of nitrogens with zero attached hydrogens (tertiary/aromatic N) is 1. The molecule has 2 rings (SSSR count). The first-order chi connectivity index (χ1) is 7.59. The van der Waals surface area contributed by atoms with E-state index >= 15 is 0 Å². The van der Waals surface area contributed by atoms with Crippen LogP contribution in [0.2, 0.25) is 0 Å². The summed E-state index contributed by atoms with van der Waals surface area (Å²) < 4.78 is 0. The number of nitrogens with two attached hydrogens (primary N) is 1. The lowest BCUT2D eigenvalue weighted by molar-refractivity contribution is 0.784. The van der Waals surface area contributed by atoms with Crippen LogP contribution in [-0.4, -0.2) is 19.4 Å². The number of nitrogens with one attached hydrogen (secondary N) is 1. The van der Waals surface area contributed by atoms with Gasteiger partial charge in [0.25, 0.3) is 0 Å². The maximum Gasteiger partial charge on any atom is 0.124 e. The molecular formula is C13H19N3. The van der Waals surface area contributed by atoms with Crippen molar-refractivity contribution in [1.29, 1.82) is 5.41 Å². The van der Waals surface area contributed by atoms with Crippen molar-refractivity contribution in [3.8, 4) is 0 Å². The van der Waals surface area contributed by atoms with Gasteiger partial charge in [-0.1, -0.05) is 12.1 Å². The zero-order valence-corrected chi connectivity index (χ0v) is 9.96. The Balaban J connectivity index is 2.31. The van der Waals surface area contributed by atoms with E-state index in [0.717, 1.165) is 23.7 Å². The topological polar surface area (TPSA) is 53.1 Å². The number of hydrogen-bond acceptors (Lipinski definition) is 2. The lowest BCUT2D eigenvalue weighted by atomic mass is 10.1. The molecule has 86 valence electrons. The highest BCUT2D eigenvalue weighted by atomic mass is 15.1. The van der Waals surface area contributed by atoms with E-state index in [1.165, 1.54) is 18.4 Å². The molecule has 16 heavy (non-hydrogen) atoms. The van der Waals surface area contributed by atoms with Gasteiger partial charge in [0.2, 0.25) is 0 Å². The fraction of sp³-hybridized carbons (Fsp3) is 0.462. The second-order valence-corrected chi connectivity index (χ2v) is 4.71. The molecule has 0 spiro atoms. The molecule has 0 saturated heterocycles. The van der Waals surface area contributed by atoms with Crippen LogP contribution in [0.1, 0.15) is 24.0 Å². The summed E-state index contributed by atoms with van der Waals surface area (Å²) in [5.41, 5.74) is 8.78. The third kappa shape index (κ3) is 2.18. The normalized spacial score (nSPS) is 14.9. The number of benzene rings is 1. The third-order valence-electron chi connectivity index (χ3n) is 3.14. The zero-order valence-electron chi connectivity index (χ0n) is 9.96. The van der Waals surface area contributed by atoms with Crippen molar-refractivity contribution in [3.63, 3.8) is 0 Å². The van der Waals surface area contributed by atoms with Gasteiger partial charge in [0.05, 0.1) is 5.69 Å². The average Bonchev–Trinajstić information content (AvgIpc) is 3.00. The average molecular weight is 217 g/mol. The second-order valence-electron chi connectivity index (χ2n) is 4.71.